The predicted molar refractivity (Wildman–Crippen MR) is 54.6 cm³/mol. The van der Waals surface area contributed by atoms with Crippen LogP contribution in [0.15, 0.2) is 10.5 Å². The average molecular weight is 297 g/mol. The predicted octanol–water partition coefficient (Wildman–Crippen LogP) is 3.27. The van der Waals surface area contributed by atoms with E-state index in [1.807, 2.05) is 0 Å². The van der Waals surface area contributed by atoms with Crippen LogP contribution in [0.5, 0.6) is 0 Å². The first-order valence-electron chi connectivity index (χ1n) is 4.47. The van der Waals surface area contributed by atoms with E-state index in [0.29, 0.717) is 6.07 Å². The molecular weight excluding hydrogens is 289 g/mol. The summed E-state index contributed by atoms with van der Waals surface area (Å²) >= 11 is 2.65. The maximum absolute atomic E-state index is 13.4. The Kier molecular flexibility index (Phi) is 4.35. The van der Waals surface area contributed by atoms with Crippen LogP contribution in [0.25, 0.3) is 0 Å². The molecule has 6 heteroatoms. The highest BCUT2D eigenvalue weighted by Crippen LogP contribution is 2.26. The Hall–Kier alpha value is -1.04. The van der Waals surface area contributed by atoms with Crippen LogP contribution in [0.2, 0.25) is 0 Å². The molecule has 88 valence electrons. The second kappa shape index (κ2) is 5.34. The normalized spacial score (nSPS) is 10.5. The van der Waals surface area contributed by atoms with Crippen LogP contribution in [0.3, 0.4) is 0 Å². The Morgan fingerprint density at radius 3 is 2.50 bits per heavy atom. The van der Waals surface area contributed by atoms with Gasteiger partial charge in [-0.3, -0.25) is 4.79 Å². The molecule has 0 saturated carbocycles. The van der Waals surface area contributed by atoms with E-state index in [9.17, 15) is 18.0 Å². The molecule has 1 N–H and O–H groups in total. The van der Waals surface area contributed by atoms with Gasteiger partial charge < -0.3 is 5.11 Å². The van der Waals surface area contributed by atoms with E-state index < -0.39 is 27.9 Å². The van der Waals surface area contributed by atoms with E-state index in [4.69, 9.17) is 5.11 Å². The fraction of sp³-hybridized carbons (Fsp3) is 0.300. The van der Waals surface area contributed by atoms with E-state index >= 15 is 0 Å². The number of benzene rings is 1. The molecule has 2 nitrogen and oxygen atoms in total. The number of aliphatic carboxylic acids is 1. The molecule has 0 spiro atoms. The Balaban J connectivity index is 2.87. The molecule has 1 rings (SSSR count). The third kappa shape index (κ3) is 2.98. The zero-order valence-corrected chi connectivity index (χ0v) is 9.65. The van der Waals surface area contributed by atoms with Crippen molar-refractivity contribution in [3.8, 4) is 0 Å². The van der Waals surface area contributed by atoms with Crippen molar-refractivity contribution in [3.63, 3.8) is 0 Å². The van der Waals surface area contributed by atoms with Crippen molar-refractivity contribution in [3.05, 3.63) is 33.6 Å². The van der Waals surface area contributed by atoms with Gasteiger partial charge in [-0.1, -0.05) is 0 Å². The molecule has 0 radical (unpaired) electrons. The number of carbonyl (C=O) groups is 1. The molecule has 0 amide bonds. The minimum Gasteiger partial charge on any atom is -0.481 e. The molecule has 16 heavy (non-hydrogen) atoms. The van der Waals surface area contributed by atoms with Gasteiger partial charge in [0.1, 0.15) is 17.5 Å². The van der Waals surface area contributed by atoms with Gasteiger partial charge in [-0.2, -0.15) is 0 Å². The molecule has 0 saturated heterocycles. The zero-order valence-electron chi connectivity index (χ0n) is 8.07. The quantitative estimate of drug-likeness (QED) is 0.684. The Morgan fingerprint density at radius 2 is 1.94 bits per heavy atom. The highest BCUT2D eigenvalue weighted by Gasteiger charge is 2.16. The van der Waals surface area contributed by atoms with Crippen LogP contribution in [-0.2, 0) is 11.2 Å². The minimum absolute atomic E-state index is 0.0805. The van der Waals surface area contributed by atoms with Gasteiger partial charge in [0.15, 0.2) is 0 Å². The standard InChI is InChI=1S/C10H8BrF3O2/c11-9-7(13)4-6(12)5(10(9)14)2-1-3-8(15)16/h4H,1-3H2,(H,15,16). The van der Waals surface area contributed by atoms with Gasteiger partial charge in [-0.25, -0.2) is 13.2 Å². The average Bonchev–Trinajstić information content (AvgIpc) is 2.19. The van der Waals surface area contributed by atoms with Gasteiger partial charge in [0.2, 0.25) is 0 Å². The molecule has 0 aliphatic rings. The van der Waals surface area contributed by atoms with Crippen molar-refractivity contribution in [1.29, 1.82) is 0 Å². The number of hydrogen-bond donors (Lipinski definition) is 1. The Bertz CT molecular complexity index is 421. The first-order valence-corrected chi connectivity index (χ1v) is 5.26. The van der Waals surface area contributed by atoms with Crippen LogP contribution in [0.4, 0.5) is 13.2 Å². The molecule has 0 heterocycles. The lowest BCUT2D eigenvalue weighted by Gasteiger charge is -2.06. The minimum atomic E-state index is -1.04. The molecule has 0 fully saturated rings. The van der Waals surface area contributed by atoms with E-state index in [0.717, 1.165) is 0 Å². The van der Waals surface area contributed by atoms with Crippen molar-refractivity contribution in [2.24, 2.45) is 0 Å². The van der Waals surface area contributed by atoms with Gasteiger partial charge in [0, 0.05) is 18.1 Å². The monoisotopic (exact) mass is 296 g/mol. The smallest absolute Gasteiger partial charge is 0.303 e. The lowest BCUT2D eigenvalue weighted by molar-refractivity contribution is -0.137. The molecule has 0 unspecified atom stereocenters. The number of rotatable bonds is 4. The van der Waals surface area contributed by atoms with Gasteiger partial charge >= 0.3 is 5.97 Å². The van der Waals surface area contributed by atoms with Crippen molar-refractivity contribution in [2.75, 3.05) is 0 Å². The van der Waals surface area contributed by atoms with Crippen LogP contribution >= 0.6 is 15.9 Å². The summed E-state index contributed by atoms with van der Waals surface area (Å²) < 4.78 is 39.0. The number of halogens is 4. The highest BCUT2D eigenvalue weighted by atomic mass is 79.9. The summed E-state index contributed by atoms with van der Waals surface area (Å²) in [5, 5.41) is 8.37. The second-order valence-corrected chi connectivity index (χ2v) is 3.99. The van der Waals surface area contributed by atoms with Crippen molar-refractivity contribution >= 4 is 21.9 Å². The largest absolute Gasteiger partial charge is 0.481 e. The van der Waals surface area contributed by atoms with E-state index in [1.165, 1.54) is 0 Å². The summed E-state index contributed by atoms with van der Waals surface area (Å²) in [7, 11) is 0. The Labute approximate surface area is 98.2 Å². The summed E-state index contributed by atoms with van der Waals surface area (Å²) in [6.45, 7) is 0. The lowest BCUT2D eigenvalue weighted by atomic mass is 10.1. The van der Waals surface area contributed by atoms with Crippen LogP contribution in [-0.4, -0.2) is 11.1 Å². The van der Waals surface area contributed by atoms with Gasteiger partial charge in [0.25, 0.3) is 0 Å². The molecule has 0 atom stereocenters. The van der Waals surface area contributed by atoms with E-state index in [1.54, 1.807) is 0 Å². The molecule has 1 aromatic carbocycles. The molecular formula is C10H8BrF3O2. The summed E-state index contributed by atoms with van der Waals surface area (Å²) in [5.74, 6) is -4.06. The first-order chi connectivity index (χ1) is 7.43. The Morgan fingerprint density at radius 1 is 1.31 bits per heavy atom. The highest BCUT2D eigenvalue weighted by molar-refractivity contribution is 9.10. The van der Waals surface area contributed by atoms with Crippen LogP contribution in [0.1, 0.15) is 18.4 Å². The maximum atomic E-state index is 13.4. The van der Waals surface area contributed by atoms with E-state index in [-0.39, 0.29) is 24.8 Å². The second-order valence-electron chi connectivity index (χ2n) is 3.19. The third-order valence-corrected chi connectivity index (χ3v) is 2.75. The summed E-state index contributed by atoms with van der Waals surface area (Å²) in [5.41, 5.74) is -0.297. The first kappa shape index (κ1) is 13.0. The van der Waals surface area contributed by atoms with Crippen molar-refractivity contribution in [1.82, 2.24) is 0 Å². The lowest BCUT2D eigenvalue weighted by Crippen LogP contribution is -2.02. The summed E-state index contributed by atoms with van der Waals surface area (Å²) in [6.07, 6.45) is -0.169. The van der Waals surface area contributed by atoms with Crippen molar-refractivity contribution in [2.45, 2.75) is 19.3 Å². The van der Waals surface area contributed by atoms with Crippen LogP contribution in [0, 0.1) is 17.5 Å². The number of carboxylic acid groups (broad SMARTS) is 1. The fourth-order valence-corrected chi connectivity index (χ4v) is 1.60. The molecule has 0 aliphatic carbocycles. The molecule has 0 bridgehead atoms. The van der Waals surface area contributed by atoms with Gasteiger partial charge in [-0.05, 0) is 28.8 Å². The summed E-state index contributed by atoms with van der Waals surface area (Å²) in [6, 6.07) is 0.573. The van der Waals surface area contributed by atoms with Crippen LogP contribution < -0.4 is 0 Å². The summed E-state index contributed by atoms with van der Waals surface area (Å²) in [4.78, 5) is 10.2. The SMILES string of the molecule is O=C(O)CCCc1c(F)cc(F)c(Br)c1F. The van der Waals surface area contributed by atoms with Gasteiger partial charge in [-0.15, -0.1) is 0 Å². The molecule has 0 aliphatic heterocycles. The third-order valence-electron chi connectivity index (χ3n) is 2.03. The van der Waals surface area contributed by atoms with Gasteiger partial charge in [0.05, 0.1) is 4.47 Å². The molecule has 1 aromatic rings. The van der Waals surface area contributed by atoms with Crippen molar-refractivity contribution < 1.29 is 23.1 Å². The fourth-order valence-electron chi connectivity index (χ4n) is 1.25. The van der Waals surface area contributed by atoms with E-state index in [2.05, 4.69) is 15.9 Å². The topological polar surface area (TPSA) is 37.3 Å². The zero-order chi connectivity index (χ0) is 12.3. The number of hydrogen-bond acceptors (Lipinski definition) is 1. The maximum Gasteiger partial charge on any atom is 0.303 e. The molecule has 0 aromatic heterocycles. The number of carboxylic acids is 1.